The van der Waals surface area contributed by atoms with Crippen LogP contribution in [0.2, 0.25) is 0 Å². The standard InChI is InChI=1S/C26H37N5O/c1-19(2)15-25(32)30-23-11-7-9-21(16-23)18-28-26(27-4)29-20(3)22-10-8-12-24(17-22)31-13-5-6-14-31/h7-12,16-17,19-20H,5-6,13-15,18H2,1-4H3,(H,30,32)(H2,27,28,29). The smallest absolute Gasteiger partial charge is 0.224 e. The predicted octanol–water partition coefficient (Wildman–Crippen LogP) is 4.70. The molecule has 0 bridgehead atoms. The number of guanidine groups is 1. The van der Waals surface area contributed by atoms with E-state index in [1.54, 1.807) is 7.05 Å². The fourth-order valence-corrected chi connectivity index (χ4v) is 3.98. The first kappa shape index (κ1) is 23.6. The Morgan fingerprint density at radius 1 is 1.06 bits per heavy atom. The van der Waals surface area contributed by atoms with Crippen LogP contribution in [0, 0.1) is 5.92 Å². The summed E-state index contributed by atoms with van der Waals surface area (Å²) in [6, 6.07) is 16.8. The molecule has 6 nitrogen and oxygen atoms in total. The molecule has 1 aliphatic rings. The number of carbonyl (C=O) groups excluding carboxylic acids is 1. The van der Waals surface area contributed by atoms with E-state index in [4.69, 9.17) is 0 Å². The number of aliphatic imine (C=N–C) groups is 1. The highest BCUT2D eigenvalue weighted by Crippen LogP contribution is 2.24. The third-order valence-electron chi connectivity index (χ3n) is 5.68. The molecule has 0 aromatic heterocycles. The topological polar surface area (TPSA) is 68.8 Å². The Balaban J connectivity index is 1.55. The van der Waals surface area contributed by atoms with Crippen molar-refractivity contribution in [1.29, 1.82) is 0 Å². The number of hydrogen-bond acceptors (Lipinski definition) is 3. The summed E-state index contributed by atoms with van der Waals surface area (Å²) in [4.78, 5) is 18.9. The molecule has 1 unspecified atom stereocenters. The van der Waals surface area contributed by atoms with Crippen molar-refractivity contribution in [1.82, 2.24) is 10.6 Å². The quantitative estimate of drug-likeness (QED) is 0.415. The number of anilines is 2. The molecule has 0 saturated carbocycles. The molecule has 1 amide bonds. The maximum absolute atomic E-state index is 12.1. The van der Waals surface area contributed by atoms with Gasteiger partial charge in [-0.1, -0.05) is 38.1 Å². The molecule has 3 rings (SSSR count). The van der Waals surface area contributed by atoms with E-state index in [1.165, 1.54) is 24.1 Å². The van der Waals surface area contributed by atoms with Crippen molar-refractivity contribution in [2.75, 3.05) is 30.4 Å². The summed E-state index contributed by atoms with van der Waals surface area (Å²) < 4.78 is 0. The van der Waals surface area contributed by atoms with Gasteiger partial charge in [0.2, 0.25) is 5.91 Å². The van der Waals surface area contributed by atoms with Crippen molar-refractivity contribution < 1.29 is 4.79 Å². The lowest BCUT2D eigenvalue weighted by Gasteiger charge is -2.22. The van der Waals surface area contributed by atoms with Crippen LogP contribution in [0.4, 0.5) is 11.4 Å². The van der Waals surface area contributed by atoms with E-state index < -0.39 is 0 Å². The van der Waals surface area contributed by atoms with Crippen molar-refractivity contribution in [2.45, 2.75) is 52.6 Å². The van der Waals surface area contributed by atoms with E-state index in [1.807, 2.05) is 38.1 Å². The average molecular weight is 436 g/mol. The van der Waals surface area contributed by atoms with Crippen LogP contribution in [0.1, 0.15) is 57.2 Å². The van der Waals surface area contributed by atoms with Crippen LogP contribution in [0.5, 0.6) is 0 Å². The zero-order valence-electron chi connectivity index (χ0n) is 19.8. The van der Waals surface area contributed by atoms with Gasteiger partial charge in [-0.25, -0.2) is 0 Å². The van der Waals surface area contributed by atoms with Gasteiger partial charge in [0, 0.05) is 44.5 Å². The lowest BCUT2D eigenvalue weighted by Crippen LogP contribution is -2.38. The van der Waals surface area contributed by atoms with Crippen molar-refractivity contribution >= 4 is 23.2 Å². The van der Waals surface area contributed by atoms with Gasteiger partial charge >= 0.3 is 0 Å². The number of nitrogens with zero attached hydrogens (tertiary/aromatic N) is 2. The molecule has 2 aromatic rings. The van der Waals surface area contributed by atoms with Gasteiger partial charge in [-0.15, -0.1) is 0 Å². The minimum atomic E-state index is 0.0487. The number of carbonyl (C=O) groups is 1. The monoisotopic (exact) mass is 435 g/mol. The molecular weight excluding hydrogens is 398 g/mol. The number of hydrogen-bond donors (Lipinski definition) is 3. The van der Waals surface area contributed by atoms with Crippen molar-refractivity contribution in [3.63, 3.8) is 0 Å². The van der Waals surface area contributed by atoms with Crippen LogP contribution in [0.3, 0.4) is 0 Å². The molecule has 1 heterocycles. The first-order valence-electron chi connectivity index (χ1n) is 11.7. The summed E-state index contributed by atoms with van der Waals surface area (Å²) in [6.45, 7) is 9.15. The van der Waals surface area contributed by atoms with E-state index in [2.05, 4.69) is 57.0 Å². The molecule has 1 aliphatic heterocycles. The number of benzene rings is 2. The average Bonchev–Trinajstić information content (AvgIpc) is 3.31. The van der Waals surface area contributed by atoms with Gasteiger partial charge < -0.3 is 20.9 Å². The Morgan fingerprint density at radius 2 is 1.81 bits per heavy atom. The Morgan fingerprint density at radius 3 is 2.53 bits per heavy atom. The van der Waals surface area contributed by atoms with E-state index >= 15 is 0 Å². The maximum atomic E-state index is 12.1. The van der Waals surface area contributed by atoms with Crippen molar-refractivity contribution in [2.24, 2.45) is 10.9 Å². The molecule has 3 N–H and O–H groups in total. The highest BCUT2D eigenvalue weighted by Gasteiger charge is 2.14. The molecule has 1 saturated heterocycles. The lowest BCUT2D eigenvalue weighted by atomic mass is 10.1. The zero-order valence-corrected chi connectivity index (χ0v) is 19.8. The van der Waals surface area contributed by atoms with Crippen molar-refractivity contribution in [3.8, 4) is 0 Å². The number of nitrogens with one attached hydrogen (secondary N) is 3. The van der Waals surface area contributed by atoms with E-state index in [0.29, 0.717) is 18.9 Å². The predicted molar refractivity (Wildman–Crippen MR) is 134 cm³/mol. The van der Waals surface area contributed by atoms with Gasteiger partial charge in [0.25, 0.3) is 0 Å². The molecule has 32 heavy (non-hydrogen) atoms. The number of rotatable bonds is 8. The maximum Gasteiger partial charge on any atom is 0.224 e. The highest BCUT2D eigenvalue weighted by molar-refractivity contribution is 5.90. The fourth-order valence-electron chi connectivity index (χ4n) is 3.98. The minimum absolute atomic E-state index is 0.0487. The zero-order chi connectivity index (χ0) is 22.9. The van der Waals surface area contributed by atoms with Crippen molar-refractivity contribution in [3.05, 3.63) is 59.7 Å². The Hall–Kier alpha value is -3.02. The van der Waals surface area contributed by atoms with Crippen LogP contribution >= 0.6 is 0 Å². The number of amides is 1. The second kappa shape index (κ2) is 11.6. The summed E-state index contributed by atoms with van der Waals surface area (Å²) in [6.07, 6.45) is 3.07. The van der Waals surface area contributed by atoms with Crippen LogP contribution < -0.4 is 20.9 Å². The summed E-state index contributed by atoms with van der Waals surface area (Å²) in [5, 5.41) is 9.86. The van der Waals surface area contributed by atoms with Gasteiger partial charge in [0.1, 0.15) is 0 Å². The largest absolute Gasteiger partial charge is 0.372 e. The summed E-state index contributed by atoms with van der Waals surface area (Å²) in [5.41, 5.74) is 4.45. The van der Waals surface area contributed by atoms with E-state index in [0.717, 1.165) is 30.3 Å². The fraction of sp³-hybridized carbons (Fsp3) is 0.462. The molecule has 6 heteroatoms. The molecule has 172 valence electrons. The third kappa shape index (κ3) is 7.01. The summed E-state index contributed by atoms with van der Waals surface area (Å²) in [7, 11) is 1.78. The minimum Gasteiger partial charge on any atom is -0.372 e. The van der Waals surface area contributed by atoms with Gasteiger partial charge in [0.05, 0.1) is 6.04 Å². The molecule has 0 radical (unpaired) electrons. The second-order valence-corrected chi connectivity index (χ2v) is 8.93. The van der Waals surface area contributed by atoms with Gasteiger partial charge in [-0.3, -0.25) is 9.79 Å². The van der Waals surface area contributed by atoms with Gasteiger partial charge in [-0.05, 0) is 61.1 Å². The highest BCUT2D eigenvalue weighted by atomic mass is 16.1. The second-order valence-electron chi connectivity index (χ2n) is 8.93. The SMILES string of the molecule is CN=C(NCc1cccc(NC(=O)CC(C)C)c1)NC(C)c1cccc(N2CCCC2)c1. The summed E-state index contributed by atoms with van der Waals surface area (Å²) >= 11 is 0. The van der Waals surface area contributed by atoms with Crippen LogP contribution in [-0.2, 0) is 11.3 Å². The molecule has 0 spiro atoms. The van der Waals surface area contributed by atoms with E-state index in [9.17, 15) is 4.79 Å². The molecule has 1 atom stereocenters. The Kier molecular flexibility index (Phi) is 8.54. The normalized spacial score (nSPS) is 15.0. The van der Waals surface area contributed by atoms with Crippen LogP contribution in [-0.4, -0.2) is 32.0 Å². The van der Waals surface area contributed by atoms with Crippen LogP contribution in [0.25, 0.3) is 0 Å². The molecule has 1 fully saturated rings. The summed E-state index contributed by atoms with van der Waals surface area (Å²) in [5.74, 6) is 1.14. The molecule has 0 aliphatic carbocycles. The third-order valence-corrected chi connectivity index (χ3v) is 5.68. The Bertz CT molecular complexity index is 918. The van der Waals surface area contributed by atoms with Gasteiger partial charge in [0.15, 0.2) is 5.96 Å². The van der Waals surface area contributed by atoms with Gasteiger partial charge in [-0.2, -0.15) is 0 Å². The Labute approximate surface area is 192 Å². The first-order chi connectivity index (χ1) is 15.4. The first-order valence-corrected chi connectivity index (χ1v) is 11.7. The lowest BCUT2D eigenvalue weighted by molar-refractivity contribution is -0.116. The molecular formula is C26H37N5O. The molecule has 2 aromatic carbocycles. The van der Waals surface area contributed by atoms with Crippen LogP contribution in [0.15, 0.2) is 53.5 Å². The van der Waals surface area contributed by atoms with E-state index in [-0.39, 0.29) is 11.9 Å².